The maximum Gasteiger partial charge on any atom is 0.124 e. The molecule has 0 radical (unpaired) electrons. The molecule has 1 aliphatic rings. The lowest BCUT2D eigenvalue weighted by atomic mass is 10.0. The molecule has 1 saturated heterocycles. The molecule has 0 aliphatic carbocycles. The van der Waals surface area contributed by atoms with E-state index in [1.807, 2.05) is 18.2 Å². The normalized spacial score (nSPS) is 14.9. The lowest BCUT2D eigenvalue weighted by Crippen LogP contribution is -2.39. The molecule has 4 rings (SSSR count). The predicted molar refractivity (Wildman–Crippen MR) is 115 cm³/mol. The van der Waals surface area contributed by atoms with Crippen LogP contribution in [0.15, 0.2) is 48.5 Å². The third-order valence-electron chi connectivity index (χ3n) is 5.38. The van der Waals surface area contributed by atoms with Crippen LogP contribution in [-0.4, -0.2) is 38.3 Å². The highest BCUT2D eigenvalue weighted by molar-refractivity contribution is 5.92. The molecule has 2 aromatic carbocycles. The SMILES string of the molecule is COc1cc(NC2CCN(c3cc(C)nc4ccccc34)CC2)cc(OC)c1. The first-order chi connectivity index (χ1) is 13.7. The van der Waals surface area contributed by atoms with Gasteiger partial charge in [0, 0.05) is 59.8 Å². The number of benzene rings is 2. The molecular weight excluding hydrogens is 350 g/mol. The maximum atomic E-state index is 5.38. The second-order valence-electron chi connectivity index (χ2n) is 7.31. The summed E-state index contributed by atoms with van der Waals surface area (Å²) >= 11 is 0. The summed E-state index contributed by atoms with van der Waals surface area (Å²) in [5.41, 5.74) is 4.48. The Morgan fingerprint density at radius 2 is 1.64 bits per heavy atom. The summed E-state index contributed by atoms with van der Waals surface area (Å²) in [7, 11) is 3.36. The van der Waals surface area contributed by atoms with Gasteiger partial charge < -0.3 is 19.7 Å². The molecule has 0 spiro atoms. The van der Waals surface area contributed by atoms with Crippen molar-refractivity contribution in [2.24, 2.45) is 0 Å². The van der Waals surface area contributed by atoms with E-state index in [0.717, 1.165) is 54.3 Å². The van der Waals surface area contributed by atoms with Gasteiger partial charge in [-0.25, -0.2) is 0 Å². The fraction of sp³-hybridized carbons (Fsp3) is 0.348. The molecule has 28 heavy (non-hydrogen) atoms. The molecule has 1 fully saturated rings. The standard InChI is InChI=1S/C23H27N3O2/c1-16-12-23(21-6-4-5-7-22(21)24-16)26-10-8-17(9-11-26)25-18-13-19(27-2)15-20(14-18)28-3/h4-7,12-15,17,25H,8-11H2,1-3H3. The van der Waals surface area contributed by atoms with Crippen LogP contribution < -0.4 is 19.7 Å². The van der Waals surface area contributed by atoms with Crippen LogP contribution >= 0.6 is 0 Å². The smallest absolute Gasteiger partial charge is 0.124 e. The Balaban J connectivity index is 1.47. The Labute approximate surface area is 166 Å². The minimum Gasteiger partial charge on any atom is -0.497 e. The van der Waals surface area contributed by atoms with Crippen LogP contribution in [0.2, 0.25) is 0 Å². The minimum absolute atomic E-state index is 0.433. The lowest BCUT2D eigenvalue weighted by Gasteiger charge is -2.35. The maximum absolute atomic E-state index is 5.38. The fourth-order valence-electron chi connectivity index (χ4n) is 3.94. The molecule has 3 aromatic rings. The first-order valence-corrected chi connectivity index (χ1v) is 9.77. The first kappa shape index (κ1) is 18.4. The molecule has 0 bridgehead atoms. The van der Waals surface area contributed by atoms with E-state index in [9.17, 15) is 0 Å². The summed E-state index contributed by atoms with van der Waals surface area (Å²) in [5, 5.41) is 4.89. The number of aryl methyl sites for hydroxylation is 1. The Bertz CT molecular complexity index is 943. The highest BCUT2D eigenvalue weighted by atomic mass is 16.5. The van der Waals surface area contributed by atoms with Gasteiger partial charge in [0.25, 0.3) is 0 Å². The zero-order chi connectivity index (χ0) is 19.5. The molecule has 5 heteroatoms. The van der Waals surface area contributed by atoms with E-state index in [0.29, 0.717) is 6.04 Å². The molecule has 5 nitrogen and oxygen atoms in total. The summed E-state index contributed by atoms with van der Waals surface area (Å²) in [6, 6.07) is 17.0. The van der Waals surface area contributed by atoms with Crippen molar-refractivity contribution >= 4 is 22.3 Å². The largest absolute Gasteiger partial charge is 0.497 e. The van der Waals surface area contributed by atoms with Crippen molar-refractivity contribution in [3.8, 4) is 11.5 Å². The second-order valence-corrected chi connectivity index (χ2v) is 7.31. The van der Waals surface area contributed by atoms with Crippen LogP contribution in [0.1, 0.15) is 18.5 Å². The zero-order valence-electron chi connectivity index (χ0n) is 16.7. The Morgan fingerprint density at radius 1 is 0.964 bits per heavy atom. The highest BCUT2D eigenvalue weighted by Crippen LogP contribution is 2.31. The highest BCUT2D eigenvalue weighted by Gasteiger charge is 2.21. The van der Waals surface area contributed by atoms with Gasteiger partial charge in [-0.1, -0.05) is 18.2 Å². The zero-order valence-corrected chi connectivity index (χ0v) is 16.7. The van der Waals surface area contributed by atoms with Gasteiger partial charge >= 0.3 is 0 Å². The molecule has 0 unspecified atom stereocenters. The number of hydrogen-bond donors (Lipinski definition) is 1. The van der Waals surface area contributed by atoms with Crippen molar-refractivity contribution in [2.75, 3.05) is 37.5 Å². The van der Waals surface area contributed by atoms with E-state index >= 15 is 0 Å². The van der Waals surface area contributed by atoms with Crippen molar-refractivity contribution < 1.29 is 9.47 Å². The molecule has 1 aromatic heterocycles. The minimum atomic E-state index is 0.433. The van der Waals surface area contributed by atoms with E-state index in [1.165, 1.54) is 11.1 Å². The molecule has 0 amide bonds. The lowest BCUT2D eigenvalue weighted by molar-refractivity contribution is 0.394. The number of rotatable bonds is 5. The topological polar surface area (TPSA) is 46.6 Å². The molecule has 2 heterocycles. The number of nitrogens with zero attached hydrogens (tertiary/aromatic N) is 2. The number of fused-ring (bicyclic) bond motifs is 1. The third-order valence-corrected chi connectivity index (χ3v) is 5.38. The van der Waals surface area contributed by atoms with Crippen molar-refractivity contribution in [1.82, 2.24) is 4.98 Å². The molecule has 146 valence electrons. The van der Waals surface area contributed by atoms with E-state index in [2.05, 4.69) is 52.5 Å². The number of piperidine rings is 1. The van der Waals surface area contributed by atoms with Gasteiger partial charge in [0.2, 0.25) is 0 Å². The fourth-order valence-corrected chi connectivity index (χ4v) is 3.94. The van der Waals surface area contributed by atoms with Crippen LogP contribution in [-0.2, 0) is 0 Å². The number of nitrogens with one attached hydrogen (secondary N) is 1. The predicted octanol–water partition coefficient (Wildman–Crippen LogP) is 4.64. The average Bonchev–Trinajstić information content (AvgIpc) is 2.73. The summed E-state index contributed by atoms with van der Waals surface area (Å²) in [6.45, 7) is 4.11. The van der Waals surface area contributed by atoms with Crippen molar-refractivity contribution in [3.63, 3.8) is 0 Å². The number of para-hydroxylation sites is 1. The quantitative estimate of drug-likeness (QED) is 0.702. The Hall–Kier alpha value is -2.95. The van der Waals surface area contributed by atoms with Crippen LogP contribution in [0.25, 0.3) is 10.9 Å². The number of aromatic nitrogens is 1. The van der Waals surface area contributed by atoms with Gasteiger partial charge in [-0.15, -0.1) is 0 Å². The monoisotopic (exact) mass is 377 g/mol. The number of hydrogen-bond acceptors (Lipinski definition) is 5. The van der Waals surface area contributed by atoms with E-state index in [-0.39, 0.29) is 0 Å². The molecule has 1 aliphatic heterocycles. The van der Waals surface area contributed by atoms with E-state index in [4.69, 9.17) is 9.47 Å². The number of ether oxygens (including phenoxy) is 2. The Morgan fingerprint density at radius 3 is 2.32 bits per heavy atom. The van der Waals surface area contributed by atoms with Crippen LogP contribution in [0.4, 0.5) is 11.4 Å². The summed E-state index contributed by atoms with van der Waals surface area (Å²) in [4.78, 5) is 7.16. The van der Waals surface area contributed by atoms with Gasteiger partial charge in [-0.2, -0.15) is 0 Å². The van der Waals surface area contributed by atoms with Crippen molar-refractivity contribution in [1.29, 1.82) is 0 Å². The molecule has 0 saturated carbocycles. The molecule has 0 atom stereocenters. The van der Waals surface area contributed by atoms with Crippen LogP contribution in [0, 0.1) is 6.92 Å². The van der Waals surface area contributed by atoms with Crippen molar-refractivity contribution in [3.05, 3.63) is 54.2 Å². The van der Waals surface area contributed by atoms with E-state index < -0.39 is 0 Å². The Kier molecular flexibility index (Phi) is 5.24. The van der Waals surface area contributed by atoms with Gasteiger partial charge in [0.15, 0.2) is 0 Å². The molecule has 1 N–H and O–H groups in total. The number of pyridine rings is 1. The number of anilines is 2. The van der Waals surface area contributed by atoms with Gasteiger partial charge in [-0.05, 0) is 31.9 Å². The average molecular weight is 377 g/mol. The van der Waals surface area contributed by atoms with E-state index in [1.54, 1.807) is 14.2 Å². The number of methoxy groups -OCH3 is 2. The van der Waals surface area contributed by atoms with Gasteiger partial charge in [0.05, 0.1) is 19.7 Å². The van der Waals surface area contributed by atoms with Crippen LogP contribution in [0.3, 0.4) is 0 Å². The third kappa shape index (κ3) is 3.84. The van der Waals surface area contributed by atoms with Crippen molar-refractivity contribution in [2.45, 2.75) is 25.8 Å². The second kappa shape index (κ2) is 7.97. The van der Waals surface area contributed by atoms with Crippen LogP contribution in [0.5, 0.6) is 11.5 Å². The van der Waals surface area contributed by atoms with Gasteiger partial charge in [0.1, 0.15) is 11.5 Å². The molecular formula is C23H27N3O2. The summed E-state index contributed by atoms with van der Waals surface area (Å²) in [5.74, 6) is 1.61. The first-order valence-electron chi connectivity index (χ1n) is 9.77. The summed E-state index contributed by atoms with van der Waals surface area (Å²) < 4.78 is 10.8. The summed E-state index contributed by atoms with van der Waals surface area (Å²) in [6.07, 6.45) is 2.16. The van der Waals surface area contributed by atoms with Gasteiger partial charge in [-0.3, -0.25) is 4.98 Å².